The Morgan fingerprint density at radius 1 is 1.00 bits per heavy atom. The lowest BCUT2D eigenvalue weighted by molar-refractivity contribution is -0.138. The summed E-state index contributed by atoms with van der Waals surface area (Å²) in [4.78, 5) is 45.7. The molecule has 2 bridgehead atoms. The molecular formula is C29H40N4O5. The summed E-state index contributed by atoms with van der Waals surface area (Å²) < 4.78 is 11.8. The number of rotatable bonds is 4. The summed E-state index contributed by atoms with van der Waals surface area (Å²) >= 11 is 0. The highest BCUT2D eigenvalue weighted by molar-refractivity contribution is 5.79. The Hall–Kier alpha value is -2.91. The third-order valence-corrected chi connectivity index (χ3v) is 8.52. The zero-order chi connectivity index (χ0) is 26.3. The Kier molecular flexibility index (Phi) is 8.96. The summed E-state index contributed by atoms with van der Waals surface area (Å²) in [7, 11) is 0. The van der Waals surface area contributed by atoms with Crippen molar-refractivity contribution < 1.29 is 23.9 Å². The molecule has 4 aliphatic heterocycles. The highest BCUT2D eigenvalue weighted by Crippen LogP contribution is 2.30. The maximum atomic E-state index is 13.6. The number of hydrogen-bond acceptors (Lipinski definition) is 6. The number of piperazine rings is 1. The second-order valence-electron chi connectivity index (χ2n) is 10.9. The van der Waals surface area contributed by atoms with E-state index in [0.29, 0.717) is 71.4 Å². The lowest BCUT2D eigenvalue weighted by Crippen LogP contribution is -2.51. The van der Waals surface area contributed by atoms with Crippen LogP contribution in [0.2, 0.25) is 0 Å². The fraction of sp³-hybridized carbons (Fsp3) is 0.621. The van der Waals surface area contributed by atoms with E-state index in [9.17, 15) is 14.4 Å². The van der Waals surface area contributed by atoms with Crippen LogP contribution in [-0.2, 0) is 25.7 Å². The van der Waals surface area contributed by atoms with E-state index in [1.165, 1.54) is 0 Å². The van der Waals surface area contributed by atoms with E-state index >= 15 is 0 Å². The maximum absolute atomic E-state index is 13.6. The Morgan fingerprint density at radius 2 is 1.79 bits per heavy atom. The molecule has 38 heavy (non-hydrogen) atoms. The van der Waals surface area contributed by atoms with Gasteiger partial charge in [-0.15, -0.1) is 0 Å². The number of fused-ring (bicyclic) bond motifs is 3. The lowest BCUT2D eigenvalue weighted by Gasteiger charge is -2.40. The molecule has 0 aliphatic carbocycles. The average molecular weight is 525 g/mol. The molecule has 0 spiro atoms. The Labute approximate surface area is 225 Å². The number of carbonyl (C=O) groups is 3. The van der Waals surface area contributed by atoms with Gasteiger partial charge in [-0.2, -0.15) is 0 Å². The van der Waals surface area contributed by atoms with E-state index in [4.69, 9.17) is 9.47 Å². The molecule has 3 saturated heterocycles. The molecule has 2 atom stereocenters. The molecule has 1 aromatic rings. The van der Waals surface area contributed by atoms with Crippen LogP contribution in [0.25, 0.3) is 0 Å². The predicted octanol–water partition coefficient (Wildman–Crippen LogP) is 1.77. The smallest absolute Gasteiger partial charge is 0.236 e. The molecule has 0 N–H and O–H groups in total. The molecule has 1 aromatic carbocycles. The largest absolute Gasteiger partial charge is 0.489 e. The molecule has 3 amide bonds. The molecule has 0 unspecified atom stereocenters. The van der Waals surface area contributed by atoms with Crippen molar-refractivity contribution in [2.75, 3.05) is 65.6 Å². The summed E-state index contributed by atoms with van der Waals surface area (Å²) in [5.41, 5.74) is 1.09. The molecule has 0 saturated carbocycles. The lowest BCUT2D eigenvalue weighted by atomic mass is 9.82. The number of para-hydroxylation sites is 1. The second-order valence-corrected chi connectivity index (χ2v) is 10.9. The van der Waals surface area contributed by atoms with Crippen molar-refractivity contribution in [2.45, 2.75) is 38.3 Å². The molecular weight excluding hydrogens is 484 g/mol. The van der Waals surface area contributed by atoms with Crippen LogP contribution in [-0.4, -0.2) is 109 Å². The van der Waals surface area contributed by atoms with Gasteiger partial charge in [-0.05, 0) is 37.2 Å². The van der Waals surface area contributed by atoms with Gasteiger partial charge in [0.25, 0.3) is 0 Å². The molecule has 5 rings (SSSR count). The highest BCUT2D eigenvalue weighted by Gasteiger charge is 2.34. The van der Waals surface area contributed by atoms with Gasteiger partial charge in [0.15, 0.2) is 0 Å². The molecule has 9 heteroatoms. The number of benzene rings is 1. The number of piperidine rings is 1. The van der Waals surface area contributed by atoms with Crippen molar-refractivity contribution in [3.8, 4) is 5.75 Å². The standard InChI is InChI=1S/C29H40N4O5/c34-22-30-11-13-31(14-12-30)28(35)18-23-7-10-32-19-24(23)5-3-15-38-27-6-2-1-4-25(27)20-33(21-29(32)36)26-8-16-37-17-9-26/h1-6,22-24,26H,7-21H2/b5-3+/t23-,24-/m0/s1. The average Bonchev–Trinajstić information content (AvgIpc) is 2.97. The van der Waals surface area contributed by atoms with Crippen molar-refractivity contribution in [1.82, 2.24) is 19.6 Å². The quantitative estimate of drug-likeness (QED) is 0.441. The van der Waals surface area contributed by atoms with Crippen LogP contribution in [0.3, 0.4) is 0 Å². The molecule has 0 radical (unpaired) electrons. The van der Waals surface area contributed by atoms with Crippen molar-refractivity contribution in [2.24, 2.45) is 11.8 Å². The van der Waals surface area contributed by atoms with Gasteiger partial charge in [0.1, 0.15) is 12.4 Å². The molecule has 0 aromatic heterocycles. The van der Waals surface area contributed by atoms with Gasteiger partial charge < -0.3 is 24.2 Å². The third kappa shape index (κ3) is 6.56. The summed E-state index contributed by atoms with van der Waals surface area (Å²) in [5.74, 6) is 1.43. The zero-order valence-corrected chi connectivity index (χ0v) is 22.2. The monoisotopic (exact) mass is 524 g/mol. The molecule has 206 valence electrons. The minimum Gasteiger partial charge on any atom is -0.489 e. The summed E-state index contributed by atoms with van der Waals surface area (Å²) in [5, 5.41) is 0. The second kappa shape index (κ2) is 12.8. The van der Waals surface area contributed by atoms with E-state index in [1.54, 1.807) is 4.90 Å². The Balaban J connectivity index is 1.31. The first kappa shape index (κ1) is 26.7. The van der Waals surface area contributed by atoms with Crippen molar-refractivity contribution >= 4 is 18.2 Å². The third-order valence-electron chi connectivity index (χ3n) is 8.52. The Bertz CT molecular complexity index is 1000. The molecule has 4 aliphatic rings. The molecule has 3 fully saturated rings. The first-order valence-corrected chi connectivity index (χ1v) is 14.0. The van der Waals surface area contributed by atoms with Crippen LogP contribution in [0.5, 0.6) is 5.75 Å². The van der Waals surface area contributed by atoms with Gasteiger partial charge in [-0.1, -0.05) is 30.4 Å². The minimum atomic E-state index is 0.101. The van der Waals surface area contributed by atoms with Crippen molar-refractivity contribution in [3.05, 3.63) is 42.0 Å². The van der Waals surface area contributed by atoms with Gasteiger partial charge in [0, 0.05) is 77.1 Å². The number of hydrogen-bond donors (Lipinski definition) is 0. The molecule has 4 heterocycles. The van der Waals surface area contributed by atoms with Crippen LogP contribution in [0, 0.1) is 11.8 Å². The first-order chi connectivity index (χ1) is 18.6. The van der Waals surface area contributed by atoms with E-state index in [2.05, 4.69) is 17.0 Å². The van der Waals surface area contributed by atoms with Crippen LogP contribution in [0.1, 0.15) is 31.2 Å². The van der Waals surface area contributed by atoms with Crippen LogP contribution >= 0.6 is 0 Å². The fourth-order valence-electron chi connectivity index (χ4n) is 6.16. The van der Waals surface area contributed by atoms with Gasteiger partial charge >= 0.3 is 0 Å². The van der Waals surface area contributed by atoms with E-state index in [-0.39, 0.29) is 23.7 Å². The van der Waals surface area contributed by atoms with Crippen LogP contribution in [0.15, 0.2) is 36.4 Å². The zero-order valence-electron chi connectivity index (χ0n) is 22.2. The summed E-state index contributed by atoms with van der Waals surface area (Å²) in [6.45, 7) is 6.61. The maximum Gasteiger partial charge on any atom is 0.236 e. The van der Waals surface area contributed by atoms with Gasteiger partial charge in [-0.25, -0.2) is 0 Å². The molecule has 9 nitrogen and oxygen atoms in total. The van der Waals surface area contributed by atoms with E-state index in [1.807, 2.05) is 34.1 Å². The van der Waals surface area contributed by atoms with Gasteiger partial charge in [-0.3, -0.25) is 19.3 Å². The Morgan fingerprint density at radius 3 is 2.58 bits per heavy atom. The predicted molar refractivity (Wildman–Crippen MR) is 142 cm³/mol. The summed E-state index contributed by atoms with van der Waals surface area (Å²) in [6, 6.07) is 8.40. The first-order valence-electron chi connectivity index (χ1n) is 14.0. The normalized spacial score (nSPS) is 26.8. The number of ether oxygens (including phenoxy) is 2. The van der Waals surface area contributed by atoms with Crippen molar-refractivity contribution in [1.29, 1.82) is 0 Å². The number of amides is 3. The highest BCUT2D eigenvalue weighted by atomic mass is 16.5. The van der Waals surface area contributed by atoms with Crippen molar-refractivity contribution in [3.63, 3.8) is 0 Å². The van der Waals surface area contributed by atoms with Crippen LogP contribution < -0.4 is 4.74 Å². The number of carbonyl (C=O) groups excluding carboxylic acids is 3. The van der Waals surface area contributed by atoms with E-state index < -0.39 is 0 Å². The SMILES string of the molecule is O=CN1CCN(C(=O)C[C@@H]2CCN3C[C@@H]2/C=C/COc2ccccc2CN(C2CCOCC2)CC3=O)CC1. The topological polar surface area (TPSA) is 82.6 Å². The van der Waals surface area contributed by atoms with Crippen LogP contribution in [0.4, 0.5) is 0 Å². The van der Waals surface area contributed by atoms with Gasteiger partial charge in [0.05, 0.1) is 6.54 Å². The van der Waals surface area contributed by atoms with E-state index in [0.717, 1.165) is 50.2 Å². The van der Waals surface area contributed by atoms with Gasteiger partial charge in [0.2, 0.25) is 18.2 Å². The number of nitrogens with zero attached hydrogens (tertiary/aromatic N) is 4. The summed E-state index contributed by atoms with van der Waals surface area (Å²) in [6.07, 6.45) is 8.17. The minimum absolute atomic E-state index is 0.101. The fourth-order valence-corrected chi connectivity index (χ4v) is 6.16.